The molecule has 2 aliphatic rings. The smallest absolute Gasteiger partial charge is 0.294 e. The summed E-state index contributed by atoms with van der Waals surface area (Å²) in [5, 5.41) is 0.655. The maximum atomic E-state index is 12.9. The van der Waals surface area contributed by atoms with E-state index in [1.165, 1.54) is 0 Å². The van der Waals surface area contributed by atoms with Gasteiger partial charge in [-0.15, -0.1) is 0 Å². The van der Waals surface area contributed by atoms with Crippen LogP contribution in [0.4, 0.5) is 4.79 Å². The topological polar surface area (TPSA) is 75.5 Å². The number of imide groups is 1. The number of amides is 3. The van der Waals surface area contributed by atoms with Gasteiger partial charge in [0.2, 0.25) is 5.91 Å². The molecule has 0 radical (unpaired) electrons. The van der Waals surface area contributed by atoms with Crippen LogP contribution in [0.5, 0.6) is 0 Å². The third-order valence-corrected chi connectivity index (χ3v) is 7.13. The van der Waals surface area contributed by atoms with E-state index in [9.17, 15) is 14.4 Å². The van der Waals surface area contributed by atoms with Gasteiger partial charge in [0.15, 0.2) is 0 Å². The van der Waals surface area contributed by atoms with Crippen LogP contribution in [-0.4, -0.2) is 56.0 Å². The number of nitrogens with zero attached hydrogens (tertiary/aromatic N) is 4. The van der Waals surface area contributed by atoms with Crippen LogP contribution in [0.3, 0.4) is 0 Å². The molecule has 168 valence electrons. The Labute approximate surface area is 196 Å². The molecular weight excluding hydrogens is 436 g/mol. The second-order valence-electron chi connectivity index (χ2n) is 8.40. The fraction of sp³-hybridized carbons (Fsp3) is 0.280. The van der Waals surface area contributed by atoms with Gasteiger partial charge in [-0.05, 0) is 80.4 Å². The molecule has 0 spiro atoms. The number of pyridine rings is 1. The van der Waals surface area contributed by atoms with Gasteiger partial charge < -0.3 is 9.47 Å². The highest BCUT2D eigenvalue weighted by atomic mass is 32.2. The number of fused-ring (bicyclic) bond motifs is 1. The van der Waals surface area contributed by atoms with E-state index in [-0.39, 0.29) is 12.5 Å². The van der Waals surface area contributed by atoms with Gasteiger partial charge in [0, 0.05) is 41.7 Å². The summed E-state index contributed by atoms with van der Waals surface area (Å²) in [5.74, 6) is -0.570. The summed E-state index contributed by atoms with van der Waals surface area (Å²) >= 11 is 0.893. The third-order valence-electron chi connectivity index (χ3n) is 6.23. The first-order valence-electron chi connectivity index (χ1n) is 11.0. The fourth-order valence-corrected chi connectivity index (χ4v) is 5.34. The largest absolute Gasteiger partial charge is 0.341 e. The quantitative estimate of drug-likeness (QED) is 0.543. The molecule has 0 N–H and O–H groups in total. The predicted molar refractivity (Wildman–Crippen MR) is 129 cm³/mol. The Morgan fingerprint density at radius 1 is 1.12 bits per heavy atom. The maximum Gasteiger partial charge on any atom is 0.294 e. The van der Waals surface area contributed by atoms with Gasteiger partial charge in [0.05, 0.1) is 10.4 Å². The van der Waals surface area contributed by atoms with E-state index >= 15 is 0 Å². The Kier molecular flexibility index (Phi) is 5.54. The molecular formula is C25H24N4O3S. The van der Waals surface area contributed by atoms with E-state index in [4.69, 9.17) is 0 Å². The minimum Gasteiger partial charge on any atom is -0.341 e. The minimum absolute atomic E-state index is 0.167. The van der Waals surface area contributed by atoms with Crippen LogP contribution >= 0.6 is 11.8 Å². The van der Waals surface area contributed by atoms with Crippen LogP contribution in [-0.2, 0) is 9.59 Å². The van der Waals surface area contributed by atoms with Crippen molar-refractivity contribution >= 4 is 45.8 Å². The number of aryl methyl sites for hydroxylation is 1. The highest BCUT2D eigenvalue weighted by Gasteiger charge is 2.37. The molecule has 2 aromatic heterocycles. The summed E-state index contributed by atoms with van der Waals surface area (Å²) in [5.41, 5.74) is 4.80. The number of hydrogen-bond acceptors (Lipinski definition) is 5. The standard InChI is InChI=1S/C25H24N4O3S/c1-16-12-19(17(2)29(16)20-7-8-21-18(13-20)6-5-9-26-21)14-22-24(31)28(25(32)33-22)15-23(30)27-10-3-4-11-27/h5-9,12-14H,3-4,10-11,15H2,1-2H3/b22-14+. The van der Waals surface area contributed by atoms with E-state index in [2.05, 4.69) is 15.6 Å². The summed E-state index contributed by atoms with van der Waals surface area (Å²) in [7, 11) is 0. The van der Waals surface area contributed by atoms with Gasteiger partial charge in [-0.3, -0.25) is 24.3 Å². The van der Waals surface area contributed by atoms with Crippen LogP contribution in [0.25, 0.3) is 22.7 Å². The first kappa shape index (κ1) is 21.5. The molecule has 0 bridgehead atoms. The highest BCUT2D eigenvalue weighted by Crippen LogP contribution is 2.34. The molecule has 0 aliphatic carbocycles. The van der Waals surface area contributed by atoms with Gasteiger partial charge in [0.1, 0.15) is 6.54 Å². The number of carbonyl (C=O) groups excluding carboxylic acids is 3. The zero-order chi connectivity index (χ0) is 23.1. The lowest BCUT2D eigenvalue weighted by Gasteiger charge is -2.18. The monoisotopic (exact) mass is 460 g/mol. The van der Waals surface area contributed by atoms with E-state index in [1.54, 1.807) is 17.2 Å². The molecule has 0 atom stereocenters. The fourth-order valence-electron chi connectivity index (χ4n) is 4.51. The Morgan fingerprint density at radius 2 is 1.91 bits per heavy atom. The molecule has 33 heavy (non-hydrogen) atoms. The average Bonchev–Trinajstić information content (AvgIpc) is 3.50. The Bertz CT molecular complexity index is 1320. The van der Waals surface area contributed by atoms with Crippen molar-refractivity contribution in [2.24, 2.45) is 0 Å². The highest BCUT2D eigenvalue weighted by molar-refractivity contribution is 8.18. The normalized spacial score (nSPS) is 17.7. The van der Waals surface area contributed by atoms with Gasteiger partial charge in [0.25, 0.3) is 11.1 Å². The molecule has 2 aliphatic heterocycles. The van der Waals surface area contributed by atoms with Crippen LogP contribution < -0.4 is 0 Å². The lowest BCUT2D eigenvalue weighted by Crippen LogP contribution is -2.40. The molecule has 2 fully saturated rings. The SMILES string of the molecule is Cc1cc(/C=C2/SC(=O)N(CC(=O)N3CCCC3)C2=O)c(C)n1-c1ccc2ncccc2c1. The van der Waals surface area contributed by atoms with Crippen molar-refractivity contribution in [2.45, 2.75) is 26.7 Å². The molecule has 0 saturated carbocycles. The number of thioether (sulfide) groups is 1. The van der Waals surface area contributed by atoms with Gasteiger partial charge >= 0.3 is 0 Å². The molecule has 8 heteroatoms. The van der Waals surface area contributed by atoms with E-state index < -0.39 is 11.1 Å². The number of aromatic nitrogens is 2. The first-order chi connectivity index (χ1) is 15.9. The molecule has 7 nitrogen and oxygen atoms in total. The van der Waals surface area contributed by atoms with Crippen molar-refractivity contribution in [3.05, 3.63) is 64.5 Å². The van der Waals surface area contributed by atoms with E-state index in [0.717, 1.165) is 63.0 Å². The average molecular weight is 461 g/mol. The van der Waals surface area contributed by atoms with Crippen LogP contribution in [0.1, 0.15) is 29.8 Å². The second-order valence-corrected chi connectivity index (χ2v) is 9.39. The summed E-state index contributed by atoms with van der Waals surface area (Å²) in [6.45, 7) is 5.21. The van der Waals surface area contributed by atoms with Gasteiger partial charge in [-0.2, -0.15) is 0 Å². The Hall–Kier alpha value is -3.39. The number of likely N-dealkylation sites (tertiary alicyclic amines) is 1. The number of rotatable bonds is 4. The van der Waals surface area contributed by atoms with E-state index in [0.29, 0.717) is 18.0 Å². The Balaban J connectivity index is 1.42. The summed E-state index contributed by atoms with van der Waals surface area (Å²) in [4.78, 5) is 45.4. The molecule has 0 unspecified atom stereocenters. The summed E-state index contributed by atoms with van der Waals surface area (Å²) in [6, 6.07) is 12.1. The number of carbonyl (C=O) groups is 3. The minimum atomic E-state index is -0.404. The molecule has 5 rings (SSSR count). The summed E-state index contributed by atoms with van der Waals surface area (Å²) in [6.07, 6.45) is 5.47. The molecule has 3 amide bonds. The third kappa shape index (κ3) is 3.95. The number of hydrogen-bond donors (Lipinski definition) is 0. The first-order valence-corrected chi connectivity index (χ1v) is 11.8. The molecule has 3 aromatic rings. The van der Waals surface area contributed by atoms with Crippen molar-refractivity contribution in [2.75, 3.05) is 19.6 Å². The number of benzene rings is 1. The molecule has 1 aromatic carbocycles. The van der Waals surface area contributed by atoms with E-state index in [1.807, 2.05) is 44.2 Å². The van der Waals surface area contributed by atoms with Crippen molar-refractivity contribution in [1.29, 1.82) is 0 Å². The van der Waals surface area contributed by atoms with Crippen LogP contribution in [0.2, 0.25) is 0 Å². The van der Waals surface area contributed by atoms with Crippen molar-refractivity contribution in [3.63, 3.8) is 0 Å². The van der Waals surface area contributed by atoms with Crippen LogP contribution in [0.15, 0.2) is 47.5 Å². The van der Waals surface area contributed by atoms with Gasteiger partial charge in [-0.25, -0.2) is 0 Å². The van der Waals surface area contributed by atoms with Crippen LogP contribution in [0, 0.1) is 13.8 Å². The summed E-state index contributed by atoms with van der Waals surface area (Å²) < 4.78 is 2.12. The lowest BCUT2D eigenvalue weighted by atomic mass is 10.2. The van der Waals surface area contributed by atoms with Crippen molar-refractivity contribution in [3.8, 4) is 5.69 Å². The zero-order valence-corrected chi connectivity index (χ0v) is 19.4. The predicted octanol–water partition coefficient (Wildman–Crippen LogP) is 4.30. The second kappa shape index (κ2) is 8.51. The lowest BCUT2D eigenvalue weighted by molar-refractivity contribution is -0.135. The zero-order valence-electron chi connectivity index (χ0n) is 18.6. The Morgan fingerprint density at radius 3 is 2.70 bits per heavy atom. The van der Waals surface area contributed by atoms with Gasteiger partial charge in [-0.1, -0.05) is 6.07 Å². The van der Waals surface area contributed by atoms with Crippen molar-refractivity contribution < 1.29 is 14.4 Å². The molecule has 4 heterocycles. The maximum absolute atomic E-state index is 12.9. The molecule has 2 saturated heterocycles. The van der Waals surface area contributed by atoms with Crippen molar-refractivity contribution in [1.82, 2.24) is 19.4 Å².